The van der Waals surface area contributed by atoms with Gasteiger partial charge in [-0.2, -0.15) is 9.61 Å². The predicted octanol–water partition coefficient (Wildman–Crippen LogP) is 3.33. The third-order valence-corrected chi connectivity index (χ3v) is 5.93. The summed E-state index contributed by atoms with van der Waals surface area (Å²) in [6, 6.07) is 8.02. The van der Waals surface area contributed by atoms with Gasteiger partial charge in [-0.05, 0) is 36.5 Å². The molecule has 0 spiro atoms. The Morgan fingerprint density at radius 2 is 1.92 bits per heavy atom. The van der Waals surface area contributed by atoms with Crippen molar-refractivity contribution in [2.75, 3.05) is 13.1 Å². The molecule has 6 nitrogen and oxygen atoms in total. The molecule has 0 aliphatic carbocycles. The number of nitrogens with zero attached hydrogens (tertiary/aromatic N) is 5. The third-order valence-electron chi connectivity index (χ3n) is 4.86. The topological polar surface area (TPSA) is 63.4 Å². The standard InChI is InChI=1S/C18H21N5OS/c1-12(2)13-3-5-15(6-4-13)17(24)22-9-7-14(8-10-22)16-21-23-11-19-20-18(23)25-16/h3-6,11-12,14H,7-10H2,1-2H3. The molecule has 2 aromatic heterocycles. The van der Waals surface area contributed by atoms with E-state index in [-0.39, 0.29) is 5.91 Å². The van der Waals surface area contributed by atoms with E-state index in [9.17, 15) is 4.79 Å². The number of carbonyl (C=O) groups is 1. The molecule has 0 radical (unpaired) electrons. The van der Waals surface area contributed by atoms with Crippen LogP contribution in [0.2, 0.25) is 0 Å². The predicted molar refractivity (Wildman–Crippen MR) is 97.1 cm³/mol. The lowest BCUT2D eigenvalue weighted by Gasteiger charge is -2.31. The Hall–Kier alpha value is -2.28. The second kappa shape index (κ2) is 6.55. The molecule has 4 rings (SSSR count). The minimum atomic E-state index is 0.131. The average Bonchev–Trinajstić information content (AvgIpc) is 3.23. The van der Waals surface area contributed by atoms with Crippen molar-refractivity contribution in [2.45, 2.75) is 38.5 Å². The number of amides is 1. The highest BCUT2D eigenvalue weighted by Gasteiger charge is 2.27. The van der Waals surface area contributed by atoms with Crippen LogP contribution in [0.1, 0.15) is 59.5 Å². The first-order valence-corrected chi connectivity index (χ1v) is 9.49. The molecule has 0 unspecified atom stereocenters. The number of benzene rings is 1. The highest BCUT2D eigenvalue weighted by molar-refractivity contribution is 7.16. The Morgan fingerprint density at radius 1 is 1.20 bits per heavy atom. The van der Waals surface area contributed by atoms with Gasteiger partial charge in [-0.25, -0.2) is 0 Å². The fourth-order valence-corrected chi connectivity index (χ4v) is 4.25. The normalized spacial score (nSPS) is 16.0. The van der Waals surface area contributed by atoms with Gasteiger partial charge in [-0.15, -0.1) is 10.2 Å². The van der Waals surface area contributed by atoms with E-state index in [4.69, 9.17) is 0 Å². The lowest BCUT2D eigenvalue weighted by Crippen LogP contribution is -2.37. The number of aromatic nitrogens is 4. The van der Waals surface area contributed by atoms with Gasteiger partial charge in [0.2, 0.25) is 4.96 Å². The molecule has 25 heavy (non-hydrogen) atoms. The van der Waals surface area contributed by atoms with E-state index in [2.05, 4.69) is 41.3 Å². The molecule has 3 aromatic rings. The van der Waals surface area contributed by atoms with E-state index < -0.39 is 0 Å². The van der Waals surface area contributed by atoms with Gasteiger partial charge in [-0.1, -0.05) is 37.3 Å². The maximum absolute atomic E-state index is 12.7. The van der Waals surface area contributed by atoms with Crippen LogP contribution in [0.25, 0.3) is 4.96 Å². The number of hydrogen-bond donors (Lipinski definition) is 0. The second-order valence-electron chi connectivity index (χ2n) is 6.84. The highest BCUT2D eigenvalue weighted by atomic mass is 32.1. The average molecular weight is 355 g/mol. The maximum Gasteiger partial charge on any atom is 0.253 e. The zero-order chi connectivity index (χ0) is 17.4. The maximum atomic E-state index is 12.7. The molecule has 1 saturated heterocycles. The summed E-state index contributed by atoms with van der Waals surface area (Å²) in [6.07, 6.45) is 3.52. The molecule has 130 valence electrons. The summed E-state index contributed by atoms with van der Waals surface area (Å²) in [5.74, 6) is 1.01. The first-order valence-electron chi connectivity index (χ1n) is 8.68. The van der Waals surface area contributed by atoms with Crippen LogP contribution in [-0.2, 0) is 0 Å². The second-order valence-corrected chi connectivity index (χ2v) is 7.83. The third kappa shape index (κ3) is 3.16. The molecule has 0 N–H and O–H groups in total. The molecule has 7 heteroatoms. The number of fused-ring (bicyclic) bond motifs is 1. The molecule has 1 fully saturated rings. The van der Waals surface area contributed by atoms with Gasteiger partial charge in [-0.3, -0.25) is 4.79 Å². The molecular weight excluding hydrogens is 334 g/mol. The van der Waals surface area contributed by atoms with Crippen LogP contribution in [0, 0.1) is 0 Å². The van der Waals surface area contributed by atoms with Crippen molar-refractivity contribution in [3.63, 3.8) is 0 Å². The molecule has 0 atom stereocenters. The molecule has 1 aliphatic rings. The van der Waals surface area contributed by atoms with Crippen molar-refractivity contribution in [3.8, 4) is 0 Å². The Kier molecular flexibility index (Phi) is 4.25. The number of rotatable bonds is 3. The zero-order valence-electron chi connectivity index (χ0n) is 14.4. The van der Waals surface area contributed by atoms with Gasteiger partial charge in [0.15, 0.2) is 0 Å². The molecule has 0 bridgehead atoms. The number of carbonyl (C=O) groups excluding carboxylic acids is 1. The number of piperidine rings is 1. The van der Waals surface area contributed by atoms with Crippen molar-refractivity contribution >= 4 is 22.2 Å². The van der Waals surface area contributed by atoms with E-state index in [1.807, 2.05) is 17.0 Å². The minimum absolute atomic E-state index is 0.131. The SMILES string of the molecule is CC(C)c1ccc(C(=O)N2CCC(c3nn4cnnc4s3)CC2)cc1. The Morgan fingerprint density at radius 3 is 2.56 bits per heavy atom. The molecule has 0 saturated carbocycles. The number of hydrogen-bond acceptors (Lipinski definition) is 5. The van der Waals surface area contributed by atoms with Crippen molar-refractivity contribution in [1.82, 2.24) is 24.7 Å². The van der Waals surface area contributed by atoms with Crippen LogP contribution in [-0.4, -0.2) is 43.7 Å². The molecule has 1 aliphatic heterocycles. The zero-order valence-corrected chi connectivity index (χ0v) is 15.2. The fourth-order valence-electron chi connectivity index (χ4n) is 3.26. The van der Waals surface area contributed by atoms with E-state index >= 15 is 0 Å². The molecular formula is C18H21N5OS. The Bertz CT molecular complexity index is 846. The van der Waals surface area contributed by atoms with Crippen LogP contribution < -0.4 is 0 Å². The lowest BCUT2D eigenvalue weighted by atomic mass is 9.96. The minimum Gasteiger partial charge on any atom is -0.339 e. The van der Waals surface area contributed by atoms with Crippen LogP contribution in [0.15, 0.2) is 30.6 Å². The van der Waals surface area contributed by atoms with Crippen LogP contribution in [0.4, 0.5) is 0 Å². The summed E-state index contributed by atoms with van der Waals surface area (Å²) in [7, 11) is 0. The number of likely N-dealkylation sites (tertiary alicyclic amines) is 1. The van der Waals surface area contributed by atoms with Gasteiger partial charge in [0, 0.05) is 24.6 Å². The molecule has 1 aromatic carbocycles. The molecule has 3 heterocycles. The fraction of sp³-hybridized carbons (Fsp3) is 0.444. The summed E-state index contributed by atoms with van der Waals surface area (Å²) < 4.78 is 1.73. The first kappa shape index (κ1) is 16.2. The van der Waals surface area contributed by atoms with Gasteiger partial charge < -0.3 is 4.90 Å². The quantitative estimate of drug-likeness (QED) is 0.723. The van der Waals surface area contributed by atoms with Gasteiger partial charge in [0.05, 0.1) is 0 Å². The van der Waals surface area contributed by atoms with Gasteiger partial charge >= 0.3 is 0 Å². The largest absolute Gasteiger partial charge is 0.339 e. The summed E-state index contributed by atoms with van der Waals surface area (Å²) in [6.45, 7) is 5.87. The van der Waals surface area contributed by atoms with Gasteiger partial charge in [0.25, 0.3) is 5.91 Å². The van der Waals surface area contributed by atoms with Crippen LogP contribution in [0.5, 0.6) is 0 Å². The van der Waals surface area contributed by atoms with Crippen molar-refractivity contribution in [2.24, 2.45) is 0 Å². The lowest BCUT2D eigenvalue weighted by molar-refractivity contribution is 0.0712. The highest BCUT2D eigenvalue weighted by Crippen LogP contribution is 2.31. The van der Waals surface area contributed by atoms with Crippen molar-refractivity contribution in [3.05, 3.63) is 46.7 Å². The van der Waals surface area contributed by atoms with Crippen LogP contribution >= 0.6 is 11.3 Å². The van der Waals surface area contributed by atoms with E-state index in [0.717, 1.165) is 41.5 Å². The Balaban J connectivity index is 1.40. The monoisotopic (exact) mass is 355 g/mol. The summed E-state index contributed by atoms with van der Waals surface area (Å²) in [5.41, 5.74) is 2.04. The van der Waals surface area contributed by atoms with Crippen molar-refractivity contribution in [1.29, 1.82) is 0 Å². The van der Waals surface area contributed by atoms with E-state index in [1.54, 1.807) is 22.2 Å². The molecule has 1 amide bonds. The van der Waals surface area contributed by atoms with Gasteiger partial charge in [0.1, 0.15) is 11.3 Å². The van der Waals surface area contributed by atoms with Crippen molar-refractivity contribution < 1.29 is 4.79 Å². The first-order chi connectivity index (χ1) is 12.1. The summed E-state index contributed by atoms with van der Waals surface area (Å²) >= 11 is 1.60. The summed E-state index contributed by atoms with van der Waals surface area (Å²) in [4.78, 5) is 15.5. The summed E-state index contributed by atoms with van der Waals surface area (Å²) in [5, 5.41) is 13.5. The van der Waals surface area contributed by atoms with E-state index in [1.165, 1.54) is 5.56 Å². The van der Waals surface area contributed by atoms with Crippen LogP contribution in [0.3, 0.4) is 0 Å². The Labute approximate surface area is 150 Å². The smallest absolute Gasteiger partial charge is 0.253 e. The van der Waals surface area contributed by atoms with E-state index in [0.29, 0.717) is 11.8 Å².